The number of benzene rings is 2. The lowest BCUT2D eigenvalue weighted by Gasteiger charge is -2.35. The monoisotopic (exact) mass is 396 g/mol. The molecule has 1 heterocycles. The van der Waals surface area contributed by atoms with Crippen LogP contribution in [0.25, 0.3) is 0 Å². The molecule has 0 aromatic heterocycles. The number of amides is 3. The van der Waals surface area contributed by atoms with E-state index in [9.17, 15) is 9.59 Å². The number of likely N-dealkylation sites (N-methyl/N-ethyl adjacent to an activating group) is 1. The Labute approximate surface area is 171 Å². The number of hydrogen-bond acceptors (Lipinski definition) is 4. The smallest absolute Gasteiger partial charge is 0.321 e. The van der Waals surface area contributed by atoms with Crippen molar-refractivity contribution in [2.24, 2.45) is 0 Å². The van der Waals surface area contributed by atoms with E-state index < -0.39 is 0 Å². The Kier molecular flexibility index (Phi) is 7.08. The fourth-order valence-electron chi connectivity index (χ4n) is 3.39. The van der Waals surface area contributed by atoms with Crippen molar-refractivity contribution >= 4 is 17.6 Å². The summed E-state index contributed by atoms with van der Waals surface area (Å²) in [5, 5.41) is 2.89. The highest BCUT2D eigenvalue weighted by atomic mass is 16.5. The first-order valence-electron chi connectivity index (χ1n) is 9.76. The van der Waals surface area contributed by atoms with Crippen molar-refractivity contribution in [3.05, 3.63) is 60.2 Å². The lowest BCUT2D eigenvalue weighted by Crippen LogP contribution is -2.53. The molecule has 1 fully saturated rings. The second-order valence-corrected chi connectivity index (χ2v) is 7.15. The number of hydrogen-bond donors (Lipinski definition) is 1. The minimum Gasteiger partial charge on any atom is -0.496 e. The van der Waals surface area contributed by atoms with Gasteiger partial charge in [-0.3, -0.25) is 9.69 Å². The van der Waals surface area contributed by atoms with Crippen molar-refractivity contribution in [2.75, 3.05) is 52.2 Å². The van der Waals surface area contributed by atoms with Crippen LogP contribution in [0.1, 0.15) is 5.56 Å². The molecule has 0 atom stereocenters. The van der Waals surface area contributed by atoms with Crippen LogP contribution < -0.4 is 10.1 Å². The summed E-state index contributed by atoms with van der Waals surface area (Å²) < 4.78 is 5.38. The van der Waals surface area contributed by atoms with Gasteiger partial charge in [-0.05, 0) is 25.2 Å². The van der Waals surface area contributed by atoms with E-state index >= 15 is 0 Å². The Morgan fingerprint density at radius 3 is 2.28 bits per heavy atom. The van der Waals surface area contributed by atoms with Crippen molar-refractivity contribution < 1.29 is 14.3 Å². The predicted octanol–water partition coefficient (Wildman–Crippen LogP) is 2.50. The summed E-state index contributed by atoms with van der Waals surface area (Å²) in [4.78, 5) is 30.6. The molecule has 0 saturated carbocycles. The van der Waals surface area contributed by atoms with Gasteiger partial charge in [-0.2, -0.15) is 0 Å². The first-order chi connectivity index (χ1) is 14.1. The molecule has 3 rings (SSSR count). The number of anilines is 1. The van der Waals surface area contributed by atoms with Gasteiger partial charge in [0.2, 0.25) is 5.91 Å². The number of urea groups is 1. The van der Waals surface area contributed by atoms with Gasteiger partial charge in [0.1, 0.15) is 5.75 Å². The van der Waals surface area contributed by atoms with E-state index in [2.05, 4.69) is 5.32 Å². The molecule has 7 heteroatoms. The van der Waals surface area contributed by atoms with Gasteiger partial charge in [-0.1, -0.05) is 36.4 Å². The molecule has 2 aromatic carbocycles. The van der Waals surface area contributed by atoms with Gasteiger partial charge >= 0.3 is 6.03 Å². The normalized spacial score (nSPS) is 14.0. The van der Waals surface area contributed by atoms with Crippen molar-refractivity contribution in [3.8, 4) is 5.75 Å². The molecule has 0 radical (unpaired) electrons. The van der Waals surface area contributed by atoms with Gasteiger partial charge in [0.25, 0.3) is 0 Å². The molecule has 7 nitrogen and oxygen atoms in total. The SMILES string of the molecule is COc1ccccc1CN(C)CC(=O)N1CCN(C(=O)Nc2ccccc2)CC1. The maximum atomic E-state index is 12.7. The highest BCUT2D eigenvalue weighted by Gasteiger charge is 2.24. The highest BCUT2D eigenvalue weighted by Crippen LogP contribution is 2.18. The zero-order chi connectivity index (χ0) is 20.6. The average Bonchev–Trinajstić information content (AvgIpc) is 2.75. The quantitative estimate of drug-likeness (QED) is 0.815. The van der Waals surface area contributed by atoms with Crippen LogP contribution in [0.2, 0.25) is 0 Å². The molecule has 154 valence electrons. The molecule has 1 N–H and O–H groups in total. The number of piperazine rings is 1. The average molecular weight is 396 g/mol. The van der Waals surface area contributed by atoms with E-state index in [1.165, 1.54) is 0 Å². The second-order valence-electron chi connectivity index (χ2n) is 7.15. The Balaban J connectivity index is 1.45. The van der Waals surface area contributed by atoms with E-state index in [1.54, 1.807) is 12.0 Å². The summed E-state index contributed by atoms with van der Waals surface area (Å²) in [6, 6.07) is 17.1. The third-order valence-electron chi connectivity index (χ3n) is 4.98. The van der Waals surface area contributed by atoms with Crippen LogP contribution in [0.15, 0.2) is 54.6 Å². The topological polar surface area (TPSA) is 65.1 Å². The van der Waals surface area contributed by atoms with Gasteiger partial charge in [0, 0.05) is 44.0 Å². The first kappa shape index (κ1) is 20.7. The number of carbonyl (C=O) groups is 2. The molecule has 0 spiro atoms. The van der Waals surface area contributed by atoms with Crippen molar-refractivity contribution in [1.29, 1.82) is 0 Å². The van der Waals surface area contributed by atoms with Crippen LogP contribution in [0, 0.1) is 0 Å². The van der Waals surface area contributed by atoms with Crippen LogP contribution in [-0.2, 0) is 11.3 Å². The van der Waals surface area contributed by atoms with Crippen molar-refractivity contribution in [2.45, 2.75) is 6.54 Å². The summed E-state index contributed by atoms with van der Waals surface area (Å²) >= 11 is 0. The minimum atomic E-state index is -0.128. The van der Waals surface area contributed by atoms with Gasteiger partial charge in [-0.15, -0.1) is 0 Å². The van der Waals surface area contributed by atoms with Crippen LogP contribution in [-0.4, -0.2) is 73.5 Å². The second kappa shape index (κ2) is 9.93. The lowest BCUT2D eigenvalue weighted by atomic mass is 10.2. The molecule has 0 bridgehead atoms. The molecular weight excluding hydrogens is 368 g/mol. The summed E-state index contributed by atoms with van der Waals surface area (Å²) in [7, 11) is 3.57. The number of para-hydroxylation sites is 2. The largest absolute Gasteiger partial charge is 0.496 e. The molecule has 0 unspecified atom stereocenters. The summed E-state index contributed by atoms with van der Waals surface area (Å²) in [6.07, 6.45) is 0. The Hall–Kier alpha value is -3.06. The summed E-state index contributed by atoms with van der Waals surface area (Å²) in [5.41, 5.74) is 1.82. The molecule has 0 aliphatic carbocycles. The molecule has 1 aliphatic heterocycles. The maximum Gasteiger partial charge on any atom is 0.321 e. The van der Waals surface area contributed by atoms with E-state index in [4.69, 9.17) is 4.74 Å². The molecule has 1 aliphatic rings. The standard InChI is InChI=1S/C22H28N4O3/c1-24(16-18-8-6-7-11-20(18)29-2)17-21(27)25-12-14-26(15-13-25)22(28)23-19-9-4-3-5-10-19/h3-11H,12-17H2,1-2H3,(H,23,28). The Morgan fingerprint density at radius 2 is 1.59 bits per heavy atom. The maximum absolute atomic E-state index is 12.7. The number of nitrogens with one attached hydrogen (secondary N) is 1. The van der Waals surface area contributed by atoms with Crippen LogP contribution >= 0.6 is 0 Å². The molecule has 2 aromatic rings. The predicted molar refractivity (Wildman–Crippen MR) is 113 cm³/mol. The molecule has 3 amide bonds. The zero-order valence-corrected chi connectivity index (χ0v) is 17.0. The van der Waals surface area contributed by atoms with E-state index in [1.807, 2.05) is 71.4 Å². The fourth-order valence-corrected chi connectivity index (χ4v) is 3.39. The number of nitrogens with zero attached hydrogens (tertiary/aromatic N) is 3. The Morgan fingerprint density at radius 1 is 0.966 bits per heavy atom. The van der Waals surface area contributed by atoms with E-state index in [-0.39, 0.29) is 11.9 Å². The van der Waals surface area contributed by atoms with Crippen LogP contribution in [0.3, 0.4) is 0 Å². The Bertz CT molecular complexity index is 820. The number of ether oxygens (including phenoxy) is 1. The van der Waals surface area contributed by atoms with Gasteiger partial charge < -0.3 is 19.9 Å². The third kappa shape index (κ3) is 5.71. The number of methoxy groups -OCH3 is 1. The van der Waals surface area contributed by atoms with Crippen molar-refractivity contribution in [3.63, 3.8) is 0 Å². The fraction of sp³-hybridized carbons (Fsp3) is 0.364. The van der Waals surface area contributed by atoms with Gasteiger partial charge in [0.05, 0.1) is 13.7 Å². The van der Waals surface area contributed by atoms with E-state index in [0.29, 0.717) is 39.3 Å². The highest BCUT2D eigenvalue weighted by molar-refractivity contribution is 5.89. The lowest BCUT2D eigenvalue weighted by molar-refractivity contribution is -0.133. The van der Waals surface area contributed by atoms with E-state index in [0.717, 1.165) is 17.0 Å². The third-order valence-corrected chi connectivity index (χ3v) is 4.98. The van der Waals surface area contributed by atoms with Crippen LogP contribution in [0.4, 0.5) is 10.5 Å². The van der Waals surface area contributed by atoms with Crippen molar-refractivity contribution in [1.82, 2.24) is 14.7 Å². The molecular formula is C22H28N4O3. The van der Waals surface area contributed by atoms with Crippen LogP contribution in [0.5, 0.6) is 5.75 Å². The molecule has 1 saturated heterocycles. The number of carbonyl (C=O) groups excluding carboxylic acids is 2. The van der Waals surface area contributed by atoms with Gasteiger partial charge in [0.15, 0.2) is 0 Å². The first-order valence-corrected chi connectivity index (χ1v) is 9.76. The zero-order valence-electron chi connectivity index (χ0n) is 17.0. The van der Waals surface area contributed by atoms with Gasteiger partial charge in [-0.25, -0.2) is 4.79 Å². The number of rotatable bonds is 6. The summed E-state index contributed by atoms with van der Waals surface area (Å²) in [6.45, 7) is 3.11. The minimum absolute atomic E-state index is 0.0746. The molecule has 29 heavy (non-hydrogen) atoms. The summed E-state index contributed by atoms with van der Waals surface area (Å²) in [5.74, 6) is 0.898.